The van der Waals surface area contributed by atoms with E-state index in [0.29, 0.717) is 113 Å². The van der Waals surface area contributed by atoms with Gasteiger partial charge in [-0.2, -0.15) is 20.4 Å². The van der Waals surface area contributed by atoms with Gasteiger partial charge in [-0.25, -0.2) is 27.7 Å². The summed E-state index contributed by atoms with van der Waals surface area (Å²) >= 11 is 0. The maximum atomic E-state index is 15.1. The van der Waals surface area contributed by atoms with Crippen LogP contribution in [0, 0.1) is 250 Å². The van der Waals surface area contributed by atoms with Gasteiger partial charge in [0.05, 0.1) is 98.8 Å². The normalized spacial score (nSPS) is 49.5. The molecule has 0 unspecified atom stereocenters. The Kier molecular flexibility index (Phi) is 21.2. The first-order valence-corrected chi connectivity index (χ1v) is 50.6. The molecule has 0 spiro atoms. The second kappa shape index (κ2) is 30.8. The topological polar surface area (TPSA) is 234 Å². The van der Waals surface area contributed by atoms with Gasteiger partial charge in [-0.15, -0.1) is 0 Å². The molecule has 20 saturated carbocycles. The summed E-state index contributed by atoms with van der Waals surface area (Å²) in [6.07, 6.45) is 43.4. The van der Waals surface area contributed by atoms with Crippen molar-refractivity contribution in [1.29, 1.82) is 0 Å². The number of rotatable bonds is 12. The minimum atomic E-state index is -2.74. The Morgan fingerprint density at radius 1 is 0.370 bits per heavy atom. The van der Waals surface area contributed by atoms with E-state index in [1.165, 1.54) is 143 Å². The number of alkyl halides is 2. The first-order chi connectivity index (χ1) is 60.3. The molecule has 24 rings (SSSR count). The average molecular weight is 1740 g/mol. The van der Waals surface area contributed by atoms with Crippen LogP contribution in [-0.4, -0.2) is 111 Å². The number of aromatic nitrogens is 8. The third-order valence-corrected chi connectivity index (χ3v) is 42.5. The Morgan fingerprint density at radius 3 is 1.09 bits per heavy atom. The molecule has 0 saturated heterocycles. The molecular weight excluding hydrogens is 1600 g/mol. The highest BCUT2D eigenvalue weighted by molar-refractivity contribution is 5.85. The van der Waals surface area contributed by atoms with E-state index in [1.807, 2.05) is 41.5 Å². The van der Waals surface area contributed by atoms with Crippen molar-refractivity contribution < 1.29 is 52.8 Å². The molecule has 20 aliphatic rings. The molecule has 4 heterocycles. The number of Topliss-reactive ketones (excluding diaryl/α,β-unsaturated/α-hetero) is 4. The SMILES string of the molecule is C[C@@]1(O)CC[C@H]2[C@H](CC[C@@H]3[C@@H]2CC[C@@]2(C)[C@H]3[C@@H]3C[C@@H]3[C@@H]2C(=O)Cn2cc(F)cn2)C1.[C-]#[N+]c1cn(CC(=O)[C@H]2[C@H]3C[C@H]3[C@H]3[C@@H]4CC[C@@H]5C[C@](C)(O)CC[C@@H]5[C@H]4CC[C@@]32C)nc1C.[C-]#[N+]c1cnn(CC(=O)[C@H]2[C@@H]3[C@H]([C@H]4[C@@H]5CC[C@@H]6C[C@](C)(O)CC[C@@H]6[C@H]5CC[C@@]42C)C3(F)F)c1.[C-]#[N+]c1cnn(CC(=O)[C@H]2[C@H]3C[C@H]3[C@H]3[C@@H]4CC[C@@H]5C[C@](C)(O)CC[C@@H]5[C@H]4CC[C@@]32C)c1C. The summed E-state index contributed by atoms with van der Waals surface area (Å²) < 4.78 is 50.0. The minimum absolute atomic E-state index is 0.0321. The van der Waals surface area contributed by atoms with Crippen molar-refractivity contribution >= 4 is 40.2 Å². The van der Waals surface area contributed by atoms with E-state index in [-0.39, 0.29) is 81.7 Å². The molecule has 0 aliphatic heterocycles. The van der Waals surface area contributed by atoms with E-state index in [1.54, 1.807) is 21.8 Å². The van der Waals surface area contributed by atoms with E-state index in [9.17, 15) is 44.0 Å². The number of ketones is 4. The lowest BCUT2D eigenvalue weighted by Gasteiger charge is -2.57. The lowest BCUT2D eigenvalue weighted by Crippen LogP contribution is -2.53. The van der Waals surface area contributed by atoms with E-state index < -0.39 is 46.1 Å². The highest BCUT2D eigenvalue weighted by Gasteiger charge is 2.85. The maximum absolute atomic E-state index is 15.1. The van der Waals surface area contributed by atoms with E-state index >= 15 is 8.78 Å². The van der Waals surface area contributed by atoms with Gasteiger partial charge in [0, 0.05) is 53.6 Å². The van der Waals surface area contributed by atoms with Crippen LogP contribution >= 0.6 is 0 Å². The van der Waals surface area contributed by atoms with Gasteiger partial charge in [0.2, 0.25) is 17.1 Å². The molecule has 19 nitrogen and oxygen atoms in total. The second-order valence-corrected chi connectivity index (χ2v) is 49.4. The molecule has 0 radical (unpaired) electrons. The summed E-state index contributed by atoms with van der Waals surface area (Å²) in [5, 5.41) is 59.4. The van der Waals surface area contributed by atoms with Crippen LogP contribution in [0.3, 0.4) is 0 Å². The maximum Gasteiger partial charge on any atom is 0.255 e. The van der Waals surface area contributed by atoms with Crippen LogP contribution < -0.4 is 0 Å². The van der Waals surface area contributed by atoms with Crippen molar-refractivity contribution in [1.82, 2.24) is 39.1 Å². The number of hydrogen-bond donors (Lipinski definition) is 4. The van der Waals surface area contributed by atoms with Crippen molar-refractivity contribution in [3.8, 4) is 0 Å². The van der Waals surface area contributed by atoms with Crippen LogP contribution in [0.15, 0.2) is 37.2 Å². The predicted octanol–water partition coefficient (Wildman–Crippen LogP) is 20.0. The van der Waals surface area contributed by atoms with Gasteiger partial charge >= 0.3 is 0 Å². The van der Waals surface area contributed by atoms with Crippen LogP contribution in [-0.2, 0) is 45.4 Å². The molecule has 0 bridgehead atoms. The largest absolute Gasteiger partial charge is 0.390 e. The molecule has 4 aromatic rings. The van der Waals surface area contributed by atoms with Crippen LogP contribution in [0.4, 0.5) is 30.2 Å². The molecular formula is C105H142F3N11O8. The fourth-order valence-corrected chi connectivity index (χ4v) is 37.9. The third kappa shape index (κ3) is 14.4. The third-order valence-electron chi connectivity index (χ3n) is 42.5. The fraction of sp³-hybridized carbons (Fsp3) is 0.819. The zero-order valence-corrected chi connectivity index (χ0v) is 77.2. The number of carbonyl (C=O) groups is 4. The van der Waals surface area contributed by atoms with E-state index in [2.05, 4.69) is 62.6 Å². The average Bonchev–Trinajstić information content (AvgIpc) is 1.49. The van der Waals surface area contributed by atoms with Crippen molar-refractivity contribution in [2.75, 3.05) is 0 Å². The summed E-state index contributed by atoms with van der Waals surface area (Å²) in [5.74, 6) is 13.0. The quantitative estimate of drug-likeness (QED) is 0.0970. The summed E-state index contributed by atoms with van der Waals surface area (Å²) in [4.78, 5) is 64.5. The second-order valence-electron chi connectivity index (χ2n) is 49.4. The van der Waals surface area contributed by atoms with Gasteiger partial charge in [-0.3, -0.25) is 37.9 Å². The molecule has 127 heavy (non-hydrogen) atoms. The van der Waals surface area contributed by atoms with Gasteiger partial charge in [-0.1, -0.05) is 27.7 Å². The van der Waals surface area contributed by atoms with Crippen LogP contribution in [0.25, 0.3) is 14.5 Å². The first kappa shape index (κ1) is 87.3. The van der Waals surface area contributed by atoms with Gasteiger partial charge in [0.1, 0.15) is 0 Å². The summed E-state index contributed by atoms with van der Waals surface area (Å²) in [6.45, 7) is 43.7. The fourth-order valence-electron chi connectivity index (χ4n) is 37.9. The molecule has 20 fully saturated rings. The number of aryl methyl sites for hydroxylation is 1. The number of aliphatic hydroxyl groups is 4. The summed E-state index contributed by atoms with van der Waals surface area (Å²) in [6, 6.07) is 0. The van der Waals surface area contributed by atoms with Gasteiger partial charge in [0.25, 0.3) is 5.92 Å². The molecule has 22 heteroatoms. The van der Waals surface area contributed by atoms with Crippen LogP contribution in [0.2, 0.25) is 0 Å². The molecule has 4 aromatic heterocycles. The number of nitrogens with zero attached hydrogens (tertiary/aromatic N) is 11. The predicted molar refractivity (Wildman–Crippen MR) is 472 cm³/mol. The summed E-state index contributed by atoms with van der Waals surface area (Å²) in [5.41, 5.74) is 1.06. The van der Waals surface area contributed by atoms with Crippen molar-refractivity contribution in [3.63, 3.8) is 0 Å². The molecule has 40 atom stereocenters. The first-order valence-electron chi connectivity index (χ1n) is 50.6. The van der Waals surface area contributed by atoms with Crippen LogP contribution in [0.5, 0.6) is 0 Å². The molecule has 20 aliphatic carbocycles. The number of hydrogen-bond acceptors (Lipinski definition) is 12. The Morgan fingerprint density at radius 2 is 0.724 bits per heavy atom. The Balaban J connectivity index is 0.000000103. The smallest absolute Gasteiger partial charge is 0.255 e. The summed E-state index contributed by atoms with van der Waals surface area (Å²) in [7, 11) is 0. The monoisotopic (exact) mass is 1740 g/mol. The minimum Gasteiger partial charge on any atom is -0.390 e. The molecule has 0 amide bonds. The van der Waals surface area contributed by atoms with E-state index in [0.717, 1.165) is 172 Å². The zero-order valence-electron chi connectivity index (χ0n) is 77.2. The van der Waals surface area contributed by atoms with E-state index in [4.69, 9.17) is 19.7 Å². The lowest BCUT2D eigenvalue weighted by molar-refractivity contribution is -0.146. The number of carbonyl (C=O) groups excluding carboxylic acids is 4. The zero-order chi connectivity index (χ0) is 89.0. The van der Waals surface area contributed by atoms with Gasteiger partial charge < -0.3 is 20.4 Å². The van der Waals surface area contributed by atoms with Gasteiger partial charge in [0.15, 0.2) is 29.0 Å². The molecule has 4 N–H and O–H groups in total. The van der Waals surface area contributed by atoms with Crippen LogP contribution in [0.1, 0.15) is 266 Å². The van der Waals surface area contributed by atoms with Gasteiger partial charge in [-0.05, 0) is 416 Å². The Labute approximate surface area is 750 Å². The van der Waals surface area contributed by atoms with Crippen molar-refractivity contribution in [2.45, 2.75) is 323 Å². The standard InChI is InChI=1S/2C27H37N3O2.C26H33F2N3O2.C25H35FN2O2/c1-15-22(28-4)13-30(29-15)14-23(31)25-21-11-20(21)24-19-6-5-16-12-26(2,32)9-7-17(16)18(19)8-10-27(24,25)3;1-15-22(28-4)13-29-30(15)14-23(31)25-21-11-20(21)24-19-6-5-16-12-26(2,32)9-7-17(16)18(19)8-10-27(24,25)3;1-24(33)8-6-16-14(10-24)4-5-18-17(16)7-9-25(2)20(18)22-23(26(22,27)28)21(25)19(32)13-31-12-15(29-3)11-30-31;1-24(30)7-5-16-14(10-24)3-4-18-17(16)6-8-25(2)22(18)19-9-20(19)23(25)21(29)13-28-12-15(26)11-27-28/h2*13,16-21,24-25,32H,5-12,14H2,1-3H3;11-12,14,16-18,20-23,33H,4-10,13H2,1-2H3;11-12,14,16-20,22-23,30H,3-10,13H2,1-2H3/t2*16-,17+,18-,19-,20-,21+,24-,25-,26-,27+;14-,16+,17-,18-,20-,21+,22+,23-,24-,25+;14-,16+,17-,18-,19-,20+,22-,23-,24-,25+/m1111/s1. The Bertz CT molecular complexity index is 5100. The number of halogens is 3. The lowest BCUT2D eigenvalue weighted by atomic mass is 9.47. The van der Waals surface area contributed by atoms with Crippen molar-refractivity contribution in [3.05, 3.63) is 88.6 Å². The highest BCUT2D eigenvalue weighted by atomic mass is 19.3. The number of fused-ring (bicyclic) bond motifs is 28. The van der Waals surface area contributed by atoms with Crippen molar-refractivity contribution in [2.24, 2.45) is 211 Å². The Hall–Kier alpha value is -6.38. The highest BCUT2D eigenvalue weighted by Crippen LogP contribution is 2.82. The molecule has 686 valence electrons. The molecule has 0 aromatic carbocycles.